The summed E-state index contributed by atoms with van der Waals surface area (Å²) in [5, 5.41) is 4.26. The molecule has 1 aromatic heterocycles. The number of anilines is 1. The van der Waals surface area contributed by atoms with Crippen LogP contribution in [0.3, 0.4) is 0 Å². The number of hydrogen-bond donors (Lipinski definition) is 2. The fourth-order valence-corrected chi connectivity index (χ4v) is 3.96. The lowest BCUT2D eigenvalue weighted by molar-refractivity contribution is 0.305. The predicted octanol–water partition coefficient (Wildman–Crippen LogP) is 2.20. The highest BCUT2D eigenvalue weighted by molar-refractivity contribution is 6.05. The Morgan fingerprint density at radius 3 is 2.60 bits per heavy atom. The van der Waals surface area contributed by atoms with Crippen LogP contribution in [-0.4, -0.2) is 27.4 Å². The summed E-state index contributed by atoms with van der Waals surface area (Å²) in [5.41, 5.74) is 14.9. The van der Waals surface area contributed by atoms with E-state index in [1.54, 1.807) is 6.20 Å². The Kier molecular flexibility index (Phi) is 3.71. The van der Waals surface area contributed by atoms with Crippen molar-refractivity contribution in [2.45, 2.75) is 37.8 Å². The predicted molar refractivity (Wildman–Crippen MR) is 100 cm³/mol. The third-order valence-corrected chi connectivity index (χ3v) is 5.07. The van der Waals surface area contributed by atoms with Crippen molar-refractivity contribution >= 4 is 17.6 Å². The number of nitrogens with two attached hydrogens (primary N) is 2. The molecule has 0 amide bonds. The van der Waals surface area contributed by atoms with Crippen LogP contribution < -0.4 is 16.4 Å². The molecule has 0 atom stereocenters. The van der Waals surface area contributed by atoms with E-state index < -0.39 is 5.66 Å². The lowest BCUT2D eigenvalue weighted by Gasteiger charge is -2.45. The molecule has 130 valence electrons. The van der Waals surface area contributed by atoms with Gasteiger partial charge < -0.3 is 11.5 Å². The van der Waals surface area contributed by atoms with E-state index in [9.17, 15) is 0 Å². The minimum atomic E-state index is -0.417. The maximum Gasteiger partial charge on any atom is 0.220 e. The van der Waals surface area contributed by atoms with Gasteiger partial charge in [0.25, 0.3) is 0 Å². The monoisotopic (exact) mass is 337 g/mol. The maximum absolute atomic E-state index is 6.30. The Morgan fingerprint density at radius 2 is 1.88 bits per heavy atom. The molecule has 1 spiro atoms. The van der Waals surface area contributed by atoms with Crippen LogP contribution in [0.5, 0.6) is 0 Å². The number of guanidine groups is 2. The molecule has 1 fully saturated rings. The summed E-state index contributed by atoms with van der Waals surface area (Å²) in [5.74, 6) is 0.690. The van der Waals surface area contributed by atoms with Crippen molar-refractivity contribution in [3.63, 3.8) is 0 Å². The molecule has 7 heteroatoms. The van der Waals surface area contributed by atoms with Crippen LogP contribution in [0.15, 0.2) is 46.5 Å². The van der Waals surface area contributed by atoms with Gasteiger partial charge >= 0.3 is 0 Å². The van der Waals surface area contributed by atoms with E-state index in [1.165, 1.54) is 6.42 Å². The van der Waals surface area contributed by atoms with E-state index in [1.807, 2.05) is 23.9 Å². The smallest absolute Gasteiger partial charge is 0.220 e. The molecule has 2 heterocycles. The number of hydrogen-bond acceptors (Lipinski definition) is 6. The topological polar surface area (TPSA) is 97.8 Å². The molecule has 2 aromatic rings. The van der Waals surface area contributed by atoms with Crippen LogP contribution in [0.4, 0.5) is 5.69 Å². The van der Waals surface area contributed by atoms with Gasteiger partial charge in [0.05, 0.1) is 5.69 Å². The summed E-state index contributed by atoms with van der Waals surface area (Å²) in [4.78, 5) is 11.0. The molecule has 4 rings (SSSR count). The number of aryl methyl sites for hydroxylation is 1. The van der Waals surface area contributed by atoms with E-state index in [2.05, 4.69) is 33.2 Å². The largest absolute Gasteiger partial charge is 0.369 e. The molecule has 1 aliphatic carbocycles. The SMILES string of the molecule is Cn1nccc1-c1cccc(N2C(N)=NC(N)=NC23CCCCC3)c1. The highest BCUT2D eigenvalue weighted by atomic mass is 15.4. The molecule has 0 saturated heterocycles. The molecule has 0 unspecified atom stereocenters. The van der Waals surface area contributed by atoms with Crippen molar-refractivity contribution in [3.05, 3.63) is 36.5 Å². The highest BCUT2D eigenvalue weighted by Crippen LogP contribution is 2.40. The molecule has 2 aliphatic rings. The Bertz CT molecular complexity index is 843. The second-order valence-electron chi connectivity index (χ2n) is 6.71. The van der Waals surface area contributed by atoms with E-state index in [-0.39, 0.29) is 5.96 Å². The van der Waals surface area contributed by atoms with Gasteiger partial charge in [-0.3, -0.25) is 9.58 Å². The fourth-order valence-electron chi connectivity index (χ4n) is 3.96. The number of benzene rings is 1. The summed E-state index contributed by atoms with van der Waals surface area (Å²) in [6.45, 7) is 0. The number of rotatable bonds is 2. The van der Waals surface area contributed by atoms with Crippen molar-refractivity contribution in [1.29, 1.82) is 0 Å². The molecule has 25 heavy (non-hydrogen) atoms. The van der Waals surface area contributed by atoms with Crippen molar-refractivity contribution in [2.24, 2.45) is 28.5 Å². The fraction of sp³-hybridized carbons (Fsp3) is 0.389. The number of aromatic nitrogens is 2. The van der Waals surface area contributed by atoms with Gasteiger partial charge in [-0.15, -0.1) is 0 Å². The van der Waals surface area contributed by atoms with Crippen LogP contribution in [0.2, 0.25) is 0 Å². The molecule has 1 aliphatic heterocycles. The Balaban J connectivity index is 1.79. The van der Waals surface area contributed by atoms with Crippen LogP contribution in [-0.2, 0) is 7.05 Å². The zero-order valence-corrected chi connectivity index (χ0v) is 14.4. The molecule has 0 radical (unpaired) electrons. The molecule has 7 nitrogen and oxygen atoms in total. The second-order valence-corrected chi connectivity index (χ2v) is 6.71. The molecular formula is C18H23N7. The average molecular weight is 337 g/mol. The first-order valence-corrected chi connectivity index (χ1v) is 8.67. The van der Waals surface area contributed by atoms with Gasteiger partial charge in [0, 0.05) is 24.5 Å². The molecular weight excluding hydrogens is 314 g/mol. The van der Waals surface area contributed by atoms with E-state index >= 15 is 0 Å². The second kappa shape index (κ2) is 5.91. The van der Waals surface area contributed by atoms with Crippen molar-refractivity contribution in [1.82, 2.24) is 9.78 Å². The standard InChI is InChI=1S/C18H23N7/c1-24-15(8-11-21-24)13-6-5-7-14(12-13)25-17(20)22-16(19)23-18(25)9-3-2-4-10-18/h5-8,11-12H,2-4,9-10H2,1H3,(H4,19,20,22,23). The first kappa shape index (κ1) is 15.7. The first-order chi connectivity index (χ1) is 12.1. The van der Waals surface area contributed by atoms with Gasteiger partial charge in [0.15, 0.2) is 0 Å². The molecule has 4 N–H and O–H groups in total. The summed E-state index contributed by atoms with van der Waals surface area (Å²) in [7, 11) is 1.94. The average Bonchev–Trinajstić information content (AvgIpc) is 3.01. The molecule has 1 saturated carbocycles. The van der Waals surface area contributed by atoms with Gasteiger partial charge in [-0.05, 0) is 43.9 Å². The number of nitrogens with zero attached hydrogens (tertiary/aromatic N) is 5. The van der Waals surface area contributed by atoms with E-state index in [0.29, 0.717) is 5.96 Å². The van der Waals surface area contributed by atoms with Crippen LogP contribution in [0.25, 0.3) is 11.3 Å². The minimum Gasteiger partial charge on any atom is -0.369 e. The molecule has 0 bridgehead atoms. The number of aliphatic imine (C=N–C) groups is 2. The highest BCUT2D eigenvalue weighted by Gasteiger charge is 2.42. The summed E-state index contributed by atoms with van der Waals surface area (Å²) in [6, 6.07) is 10.3. The Morgan fingerprint density at radius 1 is 1.08 bits per heavy atom. The lowest BCUT2D eigenvalue weighted by Crippen LogP contribution is -2.58. The van der Waals surface area contributed by atoms with Crippen molar-refractivity contribution < 1.29 is 0 Å². The van der Waals surface area contributed by atoms with Crippen LogP contribution >= 0.6 is 0 Å². The van der Waals surface area contributed by atoms with Gasteiger partial charge in [-0.1, -0.05) is 18.6 Å². The van der Waals surface area contributed by atoms with Gasteiger partial charge in [-0.25, -0.2) is 4.99 Å². The third-order valence-electron chi connectivity index (χ3n) is 5.07. The first-order valence-electron chi connectivity index (χ1n) is 8.67. The quantitative estimate of drug-likeness (QED) is 0.877. The van der Waals surface area contributed by atoms with Gasteiger partial charge in [-0.2, -0.15) is 10.1 Å². The minimum absolute atomic E-state index is 0.276. The van der Waals surface area contributed by atoms with Crippen molar-refractivity contribution in [3.8, 4) is 11.3 Å². The molecule has 1 aromatic carbocycles. The van der Waals surface area contributed by atoms with Crippen LogP contribution in [0.1, 0.15) is 32.1 Å². The summed E-state index contributed by atoms with van der Waals surface area (Å²) in [6.07, 6.45) is 7.10. The zero-order valence-electron chi connectivity index (χ0n) is 14.4. The lowest BCUT2D eigenvalue weighted by atomic mass is 9.87. The van der Waals surface area contributed by atoms with Crippen LogP contribution in [0, 0.1) is 0 Å². The van der Waals surface area contributed by atoms with Gasteiger partial charge in [0.2, 0.25) is 11.9 Å². The zero-order chi connectivity index (χ0) is 17.4. The Labute approximate surface area is 147 Å². The van der Waals surface area contributed by atoms with E-state index in [0.717, 1.165) is 42.6 Å². The summed E-state index contributed by atoms with van der Waals surface area (Å²) < 4.78 is 1.86. The summed E-state index contributed by atoms with van der Waals surface area (Å²) >= 11 is 0. The Hall–Kier alpha value is -2.83. The maximum atomic E-state index is 6.30. The third kappa shape index (κ3) is 2.65. The van der Waals surface area contributed by atoms with Gasteiger partial charge in [0.1, 0.15) is 5.66 Å². The normalized spacial score (nSPS) is 19.6. The van der Waals surface area contributed by atoms with E-state index in [4.69, 9.17) is 16.5 Å². The van der Waals surface area contributed by atoms with Crippen molar-refractivity contribution in [2.75, 3.05) is 4.90 Å².